The van der Waals surface area contributed by atoms with Crippen molar-refractivity contribution in [1.82, 2.24) is 4.98 Å². The zero-order valence-electron chi connectivity index (χ0n) is 7.85. The Hall–Kier alpha value is -0.470. The summed E-state index contributed by atoms with van der Waals surface area (Å²) < 4.78 is 0. The molecule has 0 fully saturated rings. The van der Waals surface area contributed by atoms with Crippen molar-refractivity contribution in [3.63, 3.8) is 0 Å². The lowest BCUT2D eigenvalue weighted by Crippen LogP contribution is -1.84. The van der Waals surface area contributed by atoms with E-state index in [1.165, 1.54) is 12.4 Å². The number of benzene rings is 1. The number of rotatable bonds is 1. The highest BCUT2D eigenvalue weighted by atomic mass is 35.5. The van der Waals surface area contributed by atoms with E-state index in [2.05, 4.69) is 4.98 Å². The minimum absolute atomic E-state index is 0.464. The smallest absolute Gasteiger partial charge is 0.0682 e. The third-order valence-corrected chi connectivity index (χ3v) is 3.01. The summed E-state index contributed by atoms with van der Waals surface area (Å²) in [6.07, 6.45) is 3.05. The molecule has 0 saturated carbocycles. The summed E-state index contributed by atoms with van der Waals surface area (Å²) in [6.45, 7) is 0. The van der Waals surface area contributed by atoms with Gasteiger partial charge in [0, 0.05) is 28.0 Å². The molecule has 0 aliphatic carbocycles. The summed E-state index contributed by atoms with van der Waals surface area (Å²) in [6, 6.07) is 5.15. The first-order valence-corrected chi connectivity index (χ1v) is 5.84. The monoisotopic (exact) mass is 291 g/mol. The maximum atomic E-state index is 6.04. The maximum Gasteiger partial charge on any atom is 0.0682 e. The van der Waals surface area contributed by atoms with Gasteiger partial charge >= 0.3 is 0 Å². The number of hydrogen-bond donors (Lipinski definition) is 0. The van der Waals surface area contributed by atoms with Gasteiger partial charge in [-0.3, -0.25) is 4.98 Å². The van der Waals surface area contributed by atoms with Crippen LogP contribution in [0.25, 0.3) is 11.1 Å². The second kappa shape index (κ2) is 4.80. The fourth-order valence-electron chi connectivity index (χ4n) is 1.39. The second-order valence-electron chi connectivity index (χ2n) is 3.14. The van der Waals surface area contributed by atoms with E-state index in [9.17, 15) is 0 Å². The third-order valence-electron chi connectivity index (χ3n) is 2.00. The molecule has 0 spiro atoms. The largest absolute Gasteiger partial charge is 0.262 e. The first-order valence-electron chi connectivity index (χ1n) is 4.33. The predicted molar refractivity (Wildman–Crippen MR) is 69.7 cm³/mol. The zero-order chi connectivity index (χ0) is 11.7. The van der Waals surface area contributed by atoms with Gasteiger partial charge in [0.2, 0.25) is 0 Å². The van der Waals surface area contributed by atoms with Crippen LogP contribution in [0.1, 0.15) is 0 Å². The molecule has 0 unspecified atom stereocenters. The van der Waals surface area contributed by atoms with Crippen LogP contribution in [0.2, 0.25) is 20.1 Å². The quantitative estimate of drug-likeness (QED) is 0.689. The summed E-state index contributed by atoms with van der Waals surface area (Å²) in [7, 11) is 0. The van der Waals surface area contributed by atoms with Crippen molar-refractivity contribution in [2.75, 3.05) is 0 Å². The normalized spacial score (nSPS) is 10.5. The Morgan fingerprint density at radius 1 is 0.750 bits per heavy atom. The van der Waals surface area contributed by atoms with Gasteiger partial charge in [0.05, 0.1) is 10.0 Å². The molecular weight excluding hydrogens is 288 g/mol. The highest BCUT2D eigenvalue weighted by Crippen LogP contribution is 2.36. The van der Waals surface area contributed by atoms with Gasteiger partial charge in [0.1, 0.15) is 0 Å². The van der Waals surface area contributed by atoms with E-state index in [4.69, 9.17) is 46.4 Å². The van der Waals surface area contributed by atoms with Crippen molar-refractivity contribution in [3.8, 4) is 11.1 Å². The summed E-state index contributed by atoms with van der Waals surface area (Å²) in [5.74, 6) is 0. The van der Waals surface area contributed by atoms with Crippen LogP contribution >= 0.6 is 46.4 Å². The minimum Gasteiger partial charge on any atom is -0.262 e. The number of nitrogens with zero attached hydrogens (tertiary/aromatic N) is 1. The SMILES string of the molecule is Clc1cc(Cl)cc(-c2c(Cl)cncc2Cl)c1. The fourth-order valence-corrected chi connectivity index (χ4v) is 2.49. The molecule has 0 bridgehead atoms. The van der Waals surface area contributed by atoms with Crippen LogP contribution in [0.5, 0.6) is 0 Å². The molecule has 0 aliphatic heterocycles. The van der Waals surface area contributed by atoms with Gasteiger partial charge in [0.15, 0.2) is 0 Å². The Kier molecular flexibility index (Phi) is 3.60. The molecule has 0 amide bonds. The molecule has 0 saturated heterocycles. The van der Waals surface area contributed by atoms with Crippen LogP contribution in [0.3, 0.4) is 0 Å². The average molecular weight is 293 g/mol. The van der Waals surface area contributed by atoms with E-state index in [1.54, 1.807) is 18.2 Å². The third kappa shape index (κ3) is 2.44. The van der Waals surface area contributed by atoms with E-state index in [0.717, 1.165) is 5.56 Å². The van der Waals surface area contributed by atoms with E-state index in [-0.39, 0.29) is 0 Å². The summed E-state index contributed by atoms with van der Waals surface area (Å²) in [5, 5.41) is 1.99. The van der Waals surface area contributed by atoms with Crippen molar-refractivity contribution >= 4 is 46.4 Å². The van der Waals surface area contributed by atoms with Crippen LogP contribution in [0, 0.1) is 0 Å². The van der Waals surface area contributed by atoms with Crippen LogP contribution in [-0.2, 0) is 0 Å². The van der Waals surface area contributed by atoms with E-state index >= 15 is 0 Å². The van der Waals surface area contributed by atoms with E-state index in [0.29, 0.717) is 25.7 Å². The lowest BCUT2D eigenvalue weighted by molar-refractivity contribution is 1.33. The summed E-state index contributed by atoms with van der Waals surface area (Å²) in [4.78, 5) is 3.88. The molecule has 0 N–H and O–H groups in total. The Morgan fingerprint density at radius 2 is 1.25 bits per heavy atom. The highest BCUT2D eigenvalue weighted by Gasteiger charge is 2.10. The summed E-state index contributed by atoms with van der Waals surface area (Å²) >= 11 is 23.9. The molecule has 5 heteroatoms. The molecule has 2 rings (SSSR count). The Balaban J connectivity index is 2.67. The molecule has 1 aromatic carbocycles. The van der Waals surface area contributed by atoms with E-state index in [1.807, 2.05) is 0 Å². The van der Waals surface area contributed by atoms with Crippen molar-refractivity contribution < 1.29 is 0 Å². The van der Waals surface area contributed by atoms with Gasteiger partial charge in [-0.05, 0) is 23.8 Å². The van der Waals surface area contributed by atoms with Gasteiger partial charge in [-0.1, -0.05) is 46.4 Å². The first-order chi connectivity index (χ1) is 7.58. The molecule has 0 radical (unpaired) electrons. The molecule has 2 aromatic rings. The molecule has 1 nitrogen and oxygen atoms in total. The fraction of sp³-hybridized carbons (Fsp3) is 0. The lowest BCUT2D eigenvalue weighted by Gasteiger charge is -2.07. The zero-order valence-corrected chi connectivity index (χ0v) is 10.9. The molecule has 0 aliphatic rings. The maximum absolute atomic E-state index is 6.04. The Bertz CT molecular complexity index is 499. The molecule has 1 heterocycles. The molecule has 16 heavy (non-hydrogen) atoms. The average Bonchev–Trinajstić information content (AvgIpc) is 2.15. The summed E-state index contributed by atoms with van der Waals surface area (Å²) in [5.41, 5.74) is 1.46. The van der Waals surface area contributed by atoms with Crippen LogP contribution in [-0.4, -0.2) is 4.98 Å². The van der Waals surface area contributed by atoms with Crippen molar-refractivity contribution in [1.29, 1.82) is 0 Å². The van der Waals surface area contributed by atoms with Crippen molar-refractivity contribution in [2.24, 2.45) is 0 Å². The van der Waals surface area contributed by atoms with Gasteiger partial charge in [0.25, 0.3) is 0 Å². The van der Waals surface area contributed by atoms with E-state index < -0.39 is 0 Å². The molecule has 82 valence electrons. The highest BCUT2D eigenvalue weighted by molar-refractivity contribution is 6.39. The molecule has 1 aromatic heterocycles. The van der Waals surface area contributed by atoms with Crippen molar-refractivity contribution in [3.05, 3.63) is 50.7 Å². The van der Waals surface area contributed by atoms with Crippen LogP contribution in [0.15, 0.2) is 30.6 Å². The number of hydrogen-bond acceptors (Lipinski definition) is 1. The minimum atomic E-state index is 0.464. The number of halogens is 4. The Morgan fingerprint density at radius 3 is 1.75 bits per heavy atom. The van der Waals surface area contributed by atoms with Crippen LogP contribution in [0.4, 0.5) is 0 Å². The standard InChI is InChI=1S/C11H5Cl4N/c12-7-1-6(2-8(13)3-7)11-9(14)4-16-5-10(11)15/h1-5H. The van der Waals surface area contributed by atoms with Crippen molar-refractivity contribution in [2.45, 2.75) is 0 Å². The predicted octanol–water partition coefficient (Wildman–Crippen LogP) is 5.36. The topological polar surface area (TPSA) is 12.9 Å². The second-order valence-corrected chi connectivity index (χ2v) is 4.82. The first kappa shape index (κ1) is 12.0. The number of pyridine rings is 1. The Labute approximate surface area is 113 Å². The molecule has 0 atom stereocenters. The van der Waals surface area contributed by atoms with Gasteiger partial charge < -0.3 is 0 Å². The molecular formula is C11H5Cl4N. The van der Waals surface area contributed by atoms with Gasteiger partial charge in [-0.15, -0.1) is 0 Å². The van der Waals surface area contributed by atoms with Gasteiger partial charge in [-0.2, -0.15) is 0 Å². The lowest BCUT2D eigenvalue weighted by atomic mass is 10.1. The van der Waals surface area contributed by atoms with Gasteiger partial charge in [-0.25, -0.2) is 0 Å². The number of aromatic nitrogens is 1. The van der Waals surface area contributed by atoms with Crippen LogP contribution < -0.4 is 0 Å².